The SMILES string of the molecule is CNC(=O)CCCOc1ccc2c(c1)OCC/C2=N\NC(=O)CC(C)(C)SSCCC(=O)N(C)[C@@H](C)C(=O)O[C@H]1CC(=O)N(C)c2cc(cc(OC)c2Cl)C/C(C)=C/C=C/[C@@H](OC)[C@@]2(O)C[C@H](OC(=O)N2)[C@@H](C)[C@@H]2O[C@@]12C. The summed E-state index contributed by atoms with van der Waals surface area (Å²) in [6.07, 6.45) is 2.19. The van der Waals surface area contributed by atoms with Gasteiger partial charge in [-0.05, 0) is 77.3 Å². The van der Waals surface area contributed by atoms with E-state index >= 15 is 0 Å². The highest BCUT2D eigenvalue weighted by molar-refractivity contribution is 8.77. The van der Waals surface area contributed by atoms with Crippen LogP contribution < -0.4 is 35.2 Å². The van der Waals surface area contributed by atoms with Gasteiger partial charge >= 0.3 is 12.1 Å². The molecule has 0 saturated carbocycles. The second-order valence-corrected chi connectivity index (χ2v) is 24.0. The van der Waals surface area contributed by atoms with Crippen LogP contribution in [-0.4, -0.2) is 152 Å². The second kappa shape index (κ2) is 26.4. The summed E-state index contributed by atoms with van der Waals surface area (Å²) in [5, 5.41) is 21.6. The summed E-state index contributed by atoms with van der Waals surface area (Å²) in [5.41, 5.74) is 3.00. The lowest BCUT2D eigenvalue weighted by molar-refractivity contribution is -0.162. The number of likely N-dealkylation sites (N-methyl/N-ethyl adjacent to an activating group) is 1. The average Bonchev–Trinajstić information content (AvgIpc) is 4.13. The Bertz CT molecular complexity index is 2620. The normalized spacial score (nSPS) is 26.5. The molecule has 2 aromatic rings. The maximum atomic E-state index is 14.4. The van der Waals surface area contributed by atoms with Crippen LogP contribution in [0, 0.1) is 5.92 Å². The summed E-state index contributed by atoms with van der Waals surface area (Å²) < 4.78 is 40.6. The van der Waals surface area contributed by atoms with Crippen molar-refractivity contribution < 1.29 is 67.0 Å². The van der Waals surface area contributed by atoms with Crippen molar-refractivity contribution in [1.29, 1.82) is 0 Å². The van der Waals surface area contributed by atoms with Gasteiger partial charge in [-0.2, -0.15) is 5.10 Å². The van der Waals surface area contributed by atoms with Crippen LogP contribution in [0.4, 0.5) is 10.5 Å². The van der Waals surface area contributed by atoms with Crippen LogP contribution >= 0.6 is 33.2 Å². The number of fused-ring (bicyclic) bond motifs is 6. The van der Waals surface area contributed by atoms with Crippen LogP contribution in [0.3, 0.4) is 0 Å². The number of benzene rings is 2. The number of alkyl carbamates (subject to hydrolysis) is 1. The predicted molar refractivity (Wildman–Crippen MR) is 294 cm³/mol. The maximum Gasteiger partial charge on any atom is 0.409 e. The van der Waals surface area contributed by atoms with Crippen LogP contribution in [0.1, 0.15) is 97.6 Å². The molecule has 6 rings (SSSR count). The minimum absolute atomic E-state index is 0.0512. The van der Waals surface area contributed by atoms with Crippen molar-refractivity contribution in [1.82, 2.24) is 21.0 Å². The zero-order valence-electron chi connectivity index (χ0n) is 45.7. The first-order valence-corrected chi connectivity index (χ1v) is 28.2. The first-order chi connectivity index (χ1) is 36.4. The van der Waals surface area contributed by atoms with Gasteiger partial charge in [-0.15, -0.1) is 0 Å². The molecule has 2 saturated heterocycles. The molecule has 23 heteroatoms. The molecule has 4 N–H and O–H groups in total. The highest BCUT2D eigenvalue weighted by Gasteiger charge is 2.64. The molecule has 0 unspecified atom stereocenters. The van der Waals surface area contributed by atoms with Gasteiger partial charge in [-0.3, -0.25) is 24.5 Å². The smallest absolute Gasteiger partial charge is 0.409 e. The molecule has 0 aliphatic carbocycles. The van der Waals surface area contributed by atoms with Gasteiger partial charge in [-0.1, -0.05) is 63.9 Å². The molecular formula is C54H73ClN6O14S2. The fourth-order valence-corrected chi connectivity index (χ4v) is 12.1. The Labute approximate surface area is 463 Å². The Morgan fingerprint density at radius 2 is 1.88 bits per heavy atom. The van der Waals surface area contributed by atoms with E-state index in [1.165, 1.54) is 59.6 Å². The van der Waals surface area contributed by atoms with Gasteiger partial charge in [0.05, 0.1) is 44.2 Å². The number of hydrogen-bond acceptors (Lipinski definition) is 17. The quantitative estimate of drug-likeness (QED) is 0.0401. The molecule has 77 heavy (non-hydrogen) atoms. The number of rotatable bonds is 18. The van der Waals surface area contributed by atoms with Crippen molar-refractivity contribution in [3.05, 3.63) is 70.3 Å². The van der Waals surface area contributed by atoms with Gasteiger partial charge in [0.15, 0.2) is 5.72 Å². The Morgan fingerprint density at radius 3 is 2.60 bits per heavy atom. The maximum absolute atomic E-state index is 14.4. The van der Waals surface area contributed by atoms with Crippen LogP contribution in [0.25, 0.3) is 0 Å². The number of carbonyl (C=O) groups excluding carboxylic acids is 6. The van der Waals surface area contributed by atoms with Crippen LogP contribution in [-0.2, 0) is 49.3 Å². The topological polar surface area (TPSA) is 245 Å². The molecule has 4 bridgehead atoms. The van der Waals surface area contributed by atoms with E-state index in [-0.39, 0.29) is 48.4 Å². The lowest BCUT2D eigenvalue weighted by atomic mass is 9.83. The number of carbonyl (C=O) groups is 6. The summed E-state index contributed by atoms with van der Waals surface area (Å²) in [4.78, 5) is 82.5. The summed E-state index contributed by atoms with van der Waals surface area (Å²) in [7, 11) is 10.4. The Morgan fingerprint density at radius 1 is 1.13 bits per heavy atom. The van der Waals surface area contributed by atoms with Crippen molar-refractivity contribution in [2.45, 2.75) is 139 Å². The molecule has 2 fully saturated rings. The molecule has 0 spiro atoms. The first kappa shape index (κ1) is 60.7. The molecule has 422 valence electrons. The van der Waals surface area contributed by atoms with Gasteiger partial charge in [0.1, 0.15) is 52.2 Å². The number of nitrogens with zero attached hydrogens (tertiary/aromatic N) is 3. The van der Waals surface area contributed by atoms with E-state index < -0.39 is 70.4 Å². The van der Waals surface area contributed by atoms with E-state index in [2.05, 4.69) is 21.2 Å². The van der Waals surface area contributed by atoms with E-state index in [9.17, 15) is 33.9 Å². The molecule has 20 nitrogen and oxygen atoms in total. The number of ether oxygens (including phenoxy) is 7. The number of methoxy groups -OCH3 is 2. The van der Waals surface area contributed by atoms with Gasteiger partial charge < -0.3 is 53.4 Å². The Hall–Kier alpha value is -5.52. The third-order valence-corrected chi connectivity index (χ3v) is 17.7. The summed E-state index contributed by atoms with van der Waals surface area (Å²) in [6.45, 7) is 11.5. The summed E-state index contributed by atoms with van der Waals surface area (Å²) in [6, 6.07) is 7.88. The molecule has 2 aromatic carbocycles. The van der Waals surface area contributed by atoms with Crippen LogP contribution in [0.5, 0.6) is 17.2 Å². The molecule has 5 amide bonds. The van der Waals surface area contributed by atoms with Crippen LogP contribution in [0.15, 0.2) is 59.2 Å². The fraction of sp³-hybridized carbons (Fsp3) is 0.574. The highest BCUT2D eigenvalue weighted by Crippen LogP contribution is 2.49. The number of halogens is 1. The molecule has 0 radical (unpaired) electrons. The molecule has 4 heterocycles. The zero-order valence-corrected chi connectivity index (χ0v) is 48.0. The predicted octanol–water partition coefficient (Wildman–Crippen LogP) is 6.66. The number of amides is 5. The zero-order chi connectivity index (χ0) is 56.4. The molecule has 0 aromatic heterocycles. The van der Waals surface area contributed by atoms with Crippen molar-refractivity contribution >= 4 is 80.3 Å². The number of hydrazone groups is 1. The van der Waals surface area contributed by atoms with E-state index in [1.54, 1.807) is 64.4 Å². The minimum atomic E-state index is -1.87. The molecular weight excluding hydrogens is 1060 g/mol. The van der Waals surface area contributed by atoms with Crippen molar-refractivity contribution in [2.75, 3.05) is 59.2 Å². The lowest BCUT2D eigenvalue weighted by Crippen LogP contribution is -2.63. The average molecular weight is 1130 g/mol. The Kier molecular flexibility index (Phi) is 20.8. The second-order valence-electron chi connectivity index (χ2n) is 20.5. The molecule has 8 atom stereocenters. The summed E-state index contributed by atoms with van der Waals surface area (Å²) >= 11 is 6.83. The van der Waals surface area contributed by atoms with E-state index in [4.69, 9.17) is 44.8 Å². The van der Waals surface area contributed by atoms with Crippen molar-refractivity contribution in [2.24, 2.45) is 11.0 Å². The lowest BCUT2D eigenvalue weighted by Gasteiger charge is -2.42. The van der Waals surface area contributed by atoms with Crippen molar-refractivity contribution in [3.63, 3.8) is 0 Å². The monoisotopic (exact) mass is 1130 g/mol. The van der Waals surface area contributed by atoms with E-state index in [1.807, 2.05) is 32.9 Å². The number of allylic oxidation sites excluding steroid dienone is 3. The number of hydrogen-bond donors (Lipinski definition) is 4. The first-order valence-electron chi connectivity index (χ1n) is 25.5. The standard InChI is InChI=1S/C54H73ClN6O14S2/c1-31-14-12-15-42(70-11)54(68)29-41(73-51(67)57-54)32(2)49-53(6,75-49)43(28-47(65)61(9)38-25-34(24-31)26-40(69-10)48(38)55)74-50(66)33(3)60(8)46(64)20-23-76-77-52(4,5)30-45(63)59-58-37-19-22-72-39-27-35(17-18-36(37)39)71-21-13-16-44(62)56-7/h12,14-15,17-18,25-27,32-33,41-43,49,68H,13,16,19-24,28-30H2,1-11H3,(H,56,62)(H,57,67)(H,59,63)/b15-12+,31-14+,58-37+/t32-,33+,41+,42-,43+,49+,53+,54+/m1/s1. The van der Waals surface area contributed by atoms with E-state index in [0.717, 1.165) is 16.7 Å². The highest BCUT2D eigenvalue weighted by atomic mass is 35.5. The van der Waals surface area contributed by atoms with Gasteiger partial charge in [-0.25, -0.2) is 15.0 Å². The third kappa shape index (κ3) is 15.6. The number of aliphatic hydroxyl groups is 1. The van der Waals surface area contributed by atoms with Crippen LogP contribution in [0.2, 0.25) is 5.02 Å². The number of anilines is 1. The van der Waals surface area contributed by atoms with Gasteiger partial charge in [0, 0.05) is 88.4 Å². The fourth-order valence-electron chi connectivity index (χ4n) is 9.32. The third-order valence-electron chi connectivity index (χ3n) is 14.1. The number of epoxide rings is 1. The number of nitrogens with one attached hydrogen (secondary N) is 3. The van der Waals surface area contributed by atoms with E-state index in [0.29, 0.717) is 73.3 Å². The minimum Gasteiger partial charge on any atom is -0.495 e. The Balaban J connectivity index is 1.07. The largest absolute Gasteiger partial charge is 0.495 e. The van der Waals surface area contributed by atoms with Gasteiger partial charge in [0.25, 0.3) is 0 Å². The van der Waals surface area contributed by atoms with Crippen molar-refractivity contribution in [3.8, 4) is 17.2 Å². The molecule has 4 aliphatic heterocycles. The van der Waals surface area contributed by atoms with Gasteiger partial charge in [0.2, 0.25) is 23.6 Å². The molecule has 4 aliphatic rings. The number of esters is 1. The summed E-state index contributed by atoms with van der Waals surface area (Å²) in [5.74, 6) is -0.588.